The van der Waals surface area contributed by atoms with Gasteiger partial charge in [-0.3, -0.25) is 0 Å². The van der Waals surface area contributed by atoms with Crippen molar-refractivity contribution in [1.82, 2.24) is 9.55 Å². The summed E-state index contributed by atoms with van der Waals surface area (Å²) in [6, 6.07) is 14.8. The lowest BCUT2D eigenvalue weighted by molar-refractivity contribution is 0.362. The van der Waals surface area contributed by atoms with Gasteiger partial charge in [0.05, 0.1) is 17.6 Å². The number of hydrogen-bond acceptors (Lipinski definition) is 2. The number of nitrogens with zero attached hydrogens (tertiary/aromatic N) is 3. The molecule has 1 heterocycles. The van der Waals surface area contributed by atoms with Crippen LogP contribution >= 0.6 is 0 Å². The summed E-state index contributed by atoms with van der Waals surface area (Å²) in [5, 5.41) is 0.168. The average molecular weight is 432 g/mol. The Kier molecular flexibility index (Phi) is 5.70. The smallest absolute Gasteiger partial charge is 0.250 e. The zero-order chi connectivity index (χ0) is 22.2. The largest absolute Gasteiger partial charge is 0.544 e. The molecule has 0 spiro atoms. The van der Waals surface area contributed by atoms with Crippen LogP contribution in [0.3, 0.4) is 0 Å². The lowest BCUT2D eigenvalue weighted by Crippen LogP contribution is -2.43. The minimum Gasteiger partial charge on any atom is -0.544 e. The summed E-state index contributed by atoms with van der Waals surface area (Å²) < 4.78 is 8.89. The van der Waals surface area contributed by atoms with Crippen LogP contribution in [0, 0.1) is 6.57 Å². The highest BCUT2D eigenvalue weighted by molar-refractivity contribution is 6.74. The molecule has 1 aliphatic carbocycles. The maximum absolute atomic E-state index is 7.36. The first-order valence-corrected chi connectivity index (χ1v) is 14.3. The van der Waals surface area contributed by atoms with Crippen LogP contribution in [0.2, 0.25) is 18.1 Å². The molecule has 1 saturated carbocycles. The molecule has 1 fully saturated rings. The van der Waals surface area contributed by atoms with E-state index in [4.69, 9.17) is 16.0 Å². The highest BCUT2D eigenvalue weighted by Gasteiger charge is 2.39. The zero-order valence-corrected chi connectivity index (χ0v) is 20.4. The number of imidazole rings is 1. The molecule has 0 atom stereocenters. The summed E-state index contributed by atoms with van der Waals surface area (Å²) in [7, 11) is -1.87. The fourth-order valence-corrected chi connectivity index (χ4v) is 5.22. The lowest BCUT2D eigenvalue weighted by Gasteiger charge is -2.36. The zero-order valence-electron chi connectivity index (χ0n) is 19.4. The molecule has 31 heavy (non-hydrogen) atoms. The Morgan fingerprint density at radius 3 is 2.32 bits per heavy atom. The van der Waals surface area contributed by atoms with Gasteiger partial charge < -0.3 is 8.99 Å². The molecule has 1 aromatic heterocycles. The standard InChI is InChI=1S/C26H33N3OSi/c1-26(2,3)31(5,6)30-22-15-12-19(13-16-22)25-28-23-18-20(27-4)14-17-24(23)29(25)21-10-8-7-9-11-21/h12-18,21H,7-11H2,1-3,5-6H3. The average Bonchev–Trinajstić information content (AvgIpc) is 3.12. The quantitative estimate of drug-likeness (QED) is 0.308. The second-order valence-electron chi connectivity index (χ2n) is 10.3. The third-order valence-corrected chi connectivity index (χ3v) is 11.4. The van der Waals surface area contributed by atoms with E-state index in [0.29, 0.717) is 11.7 Å². The first kappa shape index (κ1) is 21.6. The molecule has 4 nitrogen and oxygen atoms in total. The van der Waals surface area contributed by atoms with Crippen LogP contribution in [0.15, 0.2) is 42.5 Å². The van der Waals surface area contributed by atoms with Gasteiger partial charge in [-0.05, 0) is 67.4 Å². The molecule has 0 N–H and O–H groups in total. The fourth-order valence-electron chi connectivity index (χ4n) is 4.19. The molecule has 2 aromatic carbocycles. The lowest BCUT2D eigenvalue weighted by atomic mass is 9.95. The highest BCUT2D eigenvalue weighted by atomic mass is 28.4. The third-order valence-electron chi connectivity index (χ3n) is 7.03. The van der Waals surface area contributed by atoms with Gasteiger partial charge in [0.2, 0.25) is 8.32 Å². The van der Waals surface area contributed by atoms with E-state index in [2.05, 4.69) is 73.6 Å². The van der Waals surface area contributed by atoms with Gasteiger partial charge in [-0.2, -0.15) is 0 Å². The van der Waals surface area contributed by atoms with E-state index in [0.717, 1.165) is 28.2 Å². The van der Waals surface area contributed by atoms with Crippen molar-refractivity contribution < 1.29 is 4.43 Å². The molecule has 0 bridgehead atoms. The number of benzene rings is 2. The summed E-state index contributed by atoms with van der Waals surface area (Å²) in [5.74, 6) is 1.94. The Hall–Kier alpha value is -2.58. The van der Waals surface area contributed by atoms with Crippen molar-refractivity contribution in [2.45, 2.75) is 77.0 Å². The molecule has 0 amide bonds. The van der Waals surface area contributed by atoms with Gasteiger partial charge in [0.25, 0.3) is 0 Å². The van der Waals surface area contributed by atoms with Crippen molar-refractivity contribution in [2.24, 2.45) is 0 Å². The first-order chi connectivity index (χ1) is 14.7. The van der Waals surface area contributed by atoms with E-state index < -0.39 is 8.32 Å². The molecule has 0 radical (unpaired) electrons. The molecule has 1 aliphatic rings. The Morgan fingerprint density at radius 2 is 1.71 bits per heavy atom. The molecule has 5 heteroatoms. The molecule has 0 saturated heterocycles. The Bertz CT molecular complexity index is 1110. The van der Waals surface area contributed by atoms with Crippen LogP contribution < -0.4 is 4.43 Å². The van der Waals surface area contributed by atoms with E-state index >= 15 is 0 Å². The van der Waals surface area contributed by atoms with Crippen LogP contribution in [-0.2, 0) is 0 Å². The Balaban J connectivity index is 1.74. The second-order valence-corrected chi connectivity index (χ2v) is 15.0. The molecule has 0 unspecified atom stereocenters. The van der Waals surface area contributed by atoms with Gasteiger partial charge in [0.15, 0.2) is 5.69 Å². The molecule has 0 aliphatic heterocycles. The monoisotopic (exact) mass is 431 g/mol. The number of aromatic nitrogens is 2. The van der Waals surface area contributed by atoms with Gasteiger partial charge in [-0.15, -0.1) is 0 Å². The summed E-state index contributed by atoms with van der Waals surface area (Å²) in [6.45, 7) is 18.7. The number of hydrogen-bond donors (Lipinski definition) is 0. The van der Waals surface area contributed by atoms with Crippen molar-refractivity contribution >= 4 is 25.0 Å². The molecule has 3 aromatic rings. The summed E-state index contributed by atoms with van der Waals surface area (Å²) in [5.41, 5.74) is 3.80. The van der Waals surface area contributed by atoms with E-state index in [1.165, 1.54) is 32.1 Å². The minimum atomic E-state index is -1.87. The predicted octanol–water partition coefficient (Wildman–Crippen LogP) is 8.14. The van der Waals surface area contributed by atoms with E-state index in [1.807, 2.05) is 12.1 Å². The van der Waals surface area contributed by atoms with Crippen LogP contribution in [0.5, 0.6) is 5.75 Å². The van der Waals surface area contributed by atoms with Gasteiger partial charge in [-0.25, -0.2) is 9.83 Å². The van der Waals surface area contributed by atoms with Crippen LogP contribution in [0.25, 0.3) is 27.3 Å². The van der Waals surface area contributed by atoms with Gasteiger partial charge >= 0.3 is 0 Å². The van der Waals surface area contributed by atoms with Crippen LogP contribution in [0.1, 0.15) is 58.9 Å². The normalized spacial score (nSPS) is 15.7. The minimum absolute atomic E-state index is 0.168. The third kappa shape index (κ3) is 4.27. The van der Waals surface area contributed by atoms with Crippen molar-refractivity contribution in [3.05, 3.63) is 53.9 Å². The Morgan fingerprint density at radius 1 is 1.03 bits per heavy atom. The second kappa shape index (κ2) is 8.16. The number of fused-ring (bicyclic) bond motifs is 1. The van der Waals surface area contributed by atoms with Crippen molar-refractivity contribution in [3.63, 3.8) is 0 Å². The van der Waals surface area contributed by atoms with E-state index in [1.54, 1.807) is 0 Å². The first-order valence-electron chi connectivity index (χ1n) is 11.4. The Labute approximate surface area is 187 Å². The molecule has 4 rings (SSSR count). The van der Waals surface area contributed by atoms with Crippen LogP contribution in [0.4, 0.5) is 5.69 Å². The van der Waals surface area contributed by atoms with Crippen molar-refractivity contribution in [1.29, 1.82) is 0 Å². The van der Waals surface area contributed by atoms with E-state index in [9.17, 15) is 0 Å². The van der Waals surface area contributed by atoms with E-state index in [-0.39, 0.29) is 5.04 Å². The van der Waals surface area contributed by atoms with Gasteiger partial charge in [0.1, 0.15) is 11.6 Å². The fraction of sp³-hybridized carbons (Fsp3) is 0.462. The topological polar surface area (TPSA) is 31.4 Å². The van der Waals surface area contributed by atoms with Gasteiger partial charge in [-0.1, -0.05) is 46.1 Å². The molecule has 162 valence electrons. The van der Waals surface area contributed by atoms with Crippen molar-refractivity contribution in [2.75, 3.05) is 0 Å². The predicted molar refractivity (Wildman–Crippen MR) is 131 cm³/mol. The molecular weight excluding hydrogens is 398 g/mol. The summed E-state index contributed by atoms with van der Waals surface area (Å²) in [6.07, 6.45) is 6.23. The molecular formula is C26H33N3OSi. The van der Waals surface area contributed by atoms with Crippen molar-refractivity contribution in [3.8, 4) is 17.1 Å². The van der Waals surface area contributed by atoms with Gasteiger partial charge in [0, 0.05) is 11.6 Å². The maximum atomic E-state index is 7.36. The highest BCUT2D eigenvalue weighted by Crippen LogP contribution is 2.39. The number of rotatable bonds is 4. The van der Waals surface area contributed by atoms with Crippen LogP contribution in [-0.4, -0.2) is 17.9 Å². The SMILES string of the molecule is [C-]#[N+]c1ccc2c(c1)nc(-c1ccc(O[Si](C)(C)C(C)(C)C)cc1)n2C1CCCCC1. The summed E-state index contributed by atoms with van der Waals surface area (Å²) >= 11 is 0. The maximum Gasteiger partial charge on any atom is 0.250 e. The summed E-state index contributed by atoms with van der Waals surface area (Å²) in [4.78, 5) is 8.60.